The van der Waals surface area contributed by atoms with Crippen LogP contribution in [-0.4, -0.2) is 36.6 Å². The third-order valence-electron chi connectivity index (χ3n) is 7.09. The Labute approximate surface area is 151 Å². The van der Waals surface area contributed by atoms with Gasteiger partial charge in [0.05, 0.1) is 6.10 Å². The summed E-state index contributed by atoms with van der Waals surface area (Å²) in [5.41, 5.74) is 3.27. The van der Waals surface area contributed by atoms with Gasteiger partial charge in [-0.25, -0.2) is 0 Å². The molecule has 1 amide bonds. The Morgan fingerprint density at radius 3 is 2.68 bits per heavy atom. The number of fused-ring (bicyclic) bond motifs is 4. The first-order valence-electron chi connectivity index (χ1n) is 10.0. The Morgan fingerprint density at radius 2 is 1.92 bits per heavy atom. The van der Waals surface area contributed by atoms with Crippen LogP contribution in [0.1, 0.15) is 63.0 Å². The molecule has 4 rings (SSSR count). The van der Waals surface area contributed by atoms with Crippen LogP contribution < -0.4 is 0 Å². The van der Waals surface area contributed by atoms with Gasteiger partial charge in [0.25, 0.3) is 0 Å². The van der Waals surface area contributed by atoms with Gasteiger partial charge < -0.3 is 9.64 Å². The smallest absolute Gasteiger partial charge is 0.225 e. The maximum absolute atomic E-state index is 13.2. The van der Waals surface area contributed by atoms with E-state index in [1.807, 2.05) is 0 Å². The molecule has 2 bridgehead atoms. The Balaban J connectivity index is 1.49. The van der Waals surface area contributed by atoms with E-state index in [1.165, 1.54) is 11.1 Å². The number of nitrogens with zero attached hydrogens (tertiary/aromatic N) is 1. The zero-order valence-corrected chi connectivity index (χ0v) is 15.7. The predicted octanol–water partition coefficient (Wildman–Crippen LogP) is 4.09. The van der Waals surface area contributed by atoms with Crippen molar-refractivity contribution in [2.24, 2.45) is 5.92 Å². The Morgan fingerprint density at radius 1 is 1.16 bits per heavy atom. The van der Waals surface area contributed by atoms with Crippen LogP contribution in [0.5, 0.6) is 0 Å². The Kier molecular flexibility index (Phi) is 4.61. The summed E-state index contributed by atoms with van der Waals surface area (Å²) in [6.07, 6.45) is 8.88. The lowest BCUT2D eigenvalue weighted by Crippen LogP contribution is -2.52. The summed E-state index contributed by atoms with van der Waals surface area (Å²) in [5.74, 6) is 0.647. The van der Waals surface area contributed by atoms with Gasteiger partial charge in [-0.3, -0.25) is 4.79 Å². The number of piperidine rings is 1. The van der Waals surface area contributed by atoms with Gasteiger partial charge in [-0.2, -0.15) is 0 Å². The summed E-state index contributed by atoms with van der Waals surface area (Å²) in [4.78, 5) is 15.5. The first-order valence-corrected chi connectivity index (χ1v) is 10.0. The van der Waals surface area contributed by atoms with Crippen LogP contribution in [0.2, 0.25) is 0 Å². The fourth-order valence-electron chi connectivity index (χ4n) is 5.50. The highest BCUT2D eigenvalue weighted by atomic mass is 16.5. The van der Waals surface area contributed by atoms with E-state index in [0.717, 1.165) is 57.9 Å². The van der Waals surface area contributed by atoms with Gasteiger partial charge in [0, 0.05) is 25.6 Å². The third kappa shape index (κ3) is 3.12. The zero-order valence-electron chi connectivity index (χ0n) is 15.7. The van der Waals surface area contributed by atoms with Gasteiger partial charge in [-0.1, -0.05) is 31.2 Å². The molecule has 1 saturated heterocycles. The minimum absolute atomic E-state index is 0.224. The van der Waals surface area contributed by atoms with Gasteiger partial charge in [-0.15, -0.1) is 0 Å². The molecular formula is C22H31NO2. The molecule has 3 nitrogen and oxygen atoms in total. The molecule has 0 aromatic heterocycles. The maximum atomic E-state index is 13.2. The first-order chi connectivity index (χ1) is 12.1. The standard InChI is InChI=1S/C22H31NO2/c1-22-13-14-23(21(24)17-8-11-19(25-2)12-9-17)18(15-22)10-7-16-5-3-4-6-20(16)22/h3-6,17-19H,7-15H2,1-2H3. The molecule has 1 aromatic carbocycles. The number of hydrogen-bond donors (Lipinski definition) is 0. The summed E-state index contributed by atoms with van der Waals surface area (Å²) in [7, 11) is 1.79. The molecule has 0 radical (unpaired) electrons. The van der Waals surface area contributed by atoms with Crippen LogP contribution in [0.4, 0.5) is 0 Å². The number of hydrogen-bond acceptors (Lipinski definition) is 2. The normalized spacial score (nSPS) is 35.0. The topological polar surface area (TPSA) is 29.5 Å². The van der Waals surface area contributed by atoms with Gasteiger partial charge >= 0.3 is 0 Å². The molecule has 2 unspecified atom stereocenters. The second-order valence-electron chi connectivity index (χ2n) is 8.61. The molecule has 0 spiro atoms. The van der Waals surface area contributed by atoms with Crippen molar-refractivity contribution in [1.82, 2.24) is 4.90 Å². The summed E-state index contributed by atoms with van der Waals surface area (Å²) in [5, 5.41) is 0. The summed E-state index contributed by atoms with van der Waals surface area (Å²) in [6.45, 7) is 3.34. The van der Waals surface area contributed by atoms with Crippen molar-refractivity contribution < 1.29 is 9.53 Å². The van der Waals surface area contributed by atoms with Crippen molar-refractivity contribution in [3.63, 3.8) is 0 Å². The van der Waals surface area contributed by atoms with E-state index in [2.05, 4.69) is 36.1 Å². The number of rotatable bonds is 2. The SMILES string of the molecule is COC1CCC(C(=O)N2CCC3(C)CC2CCc2ccccc23)CC1. The van der Waals surface area contributed by atoms with Crippen molar-refractivity contribution >= 4 is 5.91 Å². The number of methoxy groups -OCH3 is 1. The van der Waals surface area contributed by atoms with E-state index in [0.29, 0.717) is 18.1 Å². The molecule has 2 atom stereocenters. The molecule has 1 aliphatic heterocycles. The highest BCUT2D eigenvalue weighted by molar-refractivity contribution is 5.79. The summed E-state index contributed by atoms with van der Waals surface area (Å²) < 4.78 is 5.47. The van der Waals surface area contributed by atoms with E-state index in [-0.39, 0.29) is 11.3 Å². The van der Waals surface area contributed by atoms with E-state index < -0.39 is 0 Å². The molecule has 3 heteroatoms. The average molecular weight is 341 g/mol. The summed E-state index contributed by atoms with van der Waals surface area (Å²) >= 11 is 0. The molecule has 1 heterocycles. The van der Waals surface area contributed by atoms with Crippen LogP contribution in [0.25, 0.3) is 0 Å². The van der Waals surface area contributed by atoms with E-state index in [4.69, 9.17) is 4.74 Å². The summed E-state index contributed by atoms with van der Waals surface area (Å²) in [6, 6.07) is 9.37. The minimum Gasteiger partial charge on any atom is -0.381 e. The van der Waals surface area contributed by atoms with Crippen molar-refractivity contribution in [2.75, 3.05) is 13.7 Å². The van der Waals surface area contributed by atoms with Crippen LogP contribution in [0.3, 0.4) is 0 Å². The van der Waals surface area contributed by atoms with Crippen molar-refractivity contribution in [2.45, 2.75) is 75.9 Å². The van der Waals surface area contributed by atoms with E-state index in [1.54, 1.807) is 7.11 Å². The van der Waals surface area contributed by atoms with Gasteiger partial charge in [0.2, 0.25) is 5.91 Å². The van der Waals surface area contributed by atoms with Crippen LogP contribution in [0.15, 0.2) is 24.3 Å². The highest BCUT2D eigenvalue weighted by Gasteiger charge is 2.43. The minimum atomic E-state index is 0.224. The maximum Gasteiger partial charge on any atom is 0.225 e. The lowest BCUT2D eigenvalue weighted by Gasteiger charge is -2.45. The molecular weight excluding hydrogens is 310 g/mol. The first kappa shape index (κ1) is 17.1. The number of carbonyl (C=O) groups excluding carboxylic acids is 1. The predicted molar refractivity (Wildman–Crippen MR) is 99.6 cm³/mol. The quantitative estimate of drug-likeness (QED) is 0.811. The Bertz CT molecular complexity index is 635. The zero-order chi connectivity index (χ0) is 17.4. The fourth-order valence-corrected chi connectivity index (χ4v) is 5.50. The van der Waals surface area contributed by atoms with Gasteiger partial charge in [-0.05, 0) is 67.9 Å². The number of benzene rings is 1. The van der Waals surface area contributed by atoms with Gasteiger partial charge in [0.15, 0.2) is 0 Å². The van der Waals surface area contributed by atoms with Gasteiger partial charge in [0.1, 0.15) is 0 Å². The lowest BCUT2D eigenvalue weighted by atomic mass is 9.71. The number of likely N-dealkylation sites (tertiary alicyclic amines) is 1. The molecule has 3 aliphatic rings. The molecule has 2 aliphatic carbocycles. The number of amides is 1. The third-order valence-corrected chi connectivity index (χ3v) is 7.09. The molecule has 136 valence electrons. The number of carbonyl (C=O) groups is 1. The van der Waals surface area contributed by atoms with Crippen molar-refractivity contribution in [1.29, 1.82) is 0 Å². The van der Waals surface area contributed by atoms with Crippen molar-refractivity contribution in [3.8, 4) is 0 Å². The van der Waals surface area contributed by atoms with Crippen LogP contribution in [-0.2, 0) is 21.4 Å². The molecule has 2 fully saturated rings. The molecule has 1 saturated carbocycles. The largest absolute Gasteiger partial charge is 0.381 e. The average Bonchev–Trinajstić information content (AvgIpc) is 2.76. The van der Waals surface area contributed by atoms with E-state index in [9.17, 15) is 4.79 Å². The van der Waals surface area contributed by atoms with E-state index >= 15 is 0 Å². The highest BCUT2D eigenvalue weighted by Crippen LogP contribution is 2.44. The molecule has 25 heavy (non-hydrogen) atoms. The monoisotopic (exact) mass is 341 g/mol. The Hall–Kier alpha value is -1.35. The molecule has 0 N–H and O–H groups in total. The lowest BCUT2D eigenvalue weighted by molar-refractivity contribution is -0.142. The molecule has 1 aromatic rings. The second kappa shape index (κ2) is 6.75. The fraction of sp³-hybridized carbons (Fsp3) is 0.682. The number of ether oxygens (including phenoxy) is 1. The second-order valence-corrected chi connectivity index (χ2v) is 8.61. The van der Waals surface area contributed by atoms with Crippen molar-refractivity contribution in [3.05, 3.63) is 35.4 Å². The van der Waals surface area contributed by atoms with Crippen LogP contribution >= 0.6 is 0 Å². The van der Waals surface area contributed by atoms with Crippen LogP contribution in [0, 0.1) is 5.92 Å². The number of aryl methyl sites for hydroxylation is 1.